The van der Waals surface area contributed by atoms with E-state index in [1.54, 1.807) is 19.1 Å². The number of nitrogens with zero attached hydrogens (tertiary/aromatic N) is 3. The molecule has 2 aliphatic rings. The average Bonchev–Trinajstić information content (AvgIpc) is 2.44. The number of carbonyl (C=O) groups is 2. The van der Waals surface area contributed by atoms with Gasteiger partial charge in [0.2, 0.25) is 5.91 Å². The second-order valence-corrected chi connectivity index (χ2v) is 5.12. The monoisotopic (exact) mass is 225 g/mol. The van der Waals surface area contributed by atoms with Gasteiger partial charge in [-0.15, -0.1) is 0 Å². The minimum absolute atomic E-state index is 0.00407. The van der Waals surface area contributed by atoms with Crippen LogP contribution in [-0.2, 0) is 9.59 Å². The Balaban J connectivity index is 2.19. The summed E-state index contributed by atoms with van der Waals surface area (Å²) in [5, 5.41) is 2.89. The molecule has 5 heteroatoms. The maximum Gasteiger partial charge on any atom is 0.250 e. The molecule has 2 saturated heterocycles. The van der Waals surface area contributed by atoms with Crippen LogP contribution in [0.3, 0.4) is 0 Å². The zero-order chi connectivity index (χ0) is 11.9. The van der Waals surface area contributed by atoms with E-state index >= 15 is 0 Å². The lowest BCUT2D eigenvalue weighted by molar-refractivity contribution is -0.156. The van der Waals surface area contributed by atoms with Crippen molar-refractivity contribution < 1.29 is 9.59 Å². The first-order chi connectivity index (χ1) is 7.46. The number of amides is 2. The van der Waals surface area contributed by atoms with Crippen LogP contribution >= 0.6 is 0 Å². The normalized spacial score (nSPS) is 26.1. The summed E-state index contributed by atoms with van der Waals surface area (Å²) >= 11 is 0. The minimum atomic E-state index is -0.409. The molecular formula is C11H19N3O2. The fraction of sp³-hybridized carbons (Fsp3) is 0.818. The van der Waals surface area contributed by atoms with Crippen LogP contribution in [0.1, 0.15) is 19.3 Å². The van der Waals surface area contributed by atoms with Crippen LogP contribution in [0.15, 0.2) is 0 Å². The number of hydrogen-bond donors (Lipinski definition) is 0. The van der Waals surface area contributed by atoms with Crippen LogP contribution in [0.2, 0.25) is 0 Å². The van der Waals surface area contributed by atoms with Crippen molar-refractivity contribution in [2.75, 3.05) is 34.2 Å². The molecule has 2 rings (SSSR count). The van der Waals surface area contributed by atoms with Gasteiger partial charge in [-0.2, -0.15) is 0 Å². The van der Waals surface area contributed by atoms with Gasteiger partial charge in [-0.1, -0.05) is 0 Å². The first-order valence-electron chi connectivity index (χ1n) is 5.69. The molecule has 5 nitrogen and oxygen atoms in total. The molecule has 2 heterocycles. The lowest BCUT2D eigenvalue weighted by atomic mass is 9.77. The van der Waals surface area contributed by atoms with E-state index < -0.39 is 5.41 Å². The number of hydrogen-bond acceptors (Lipinski definition) is 4. The Hall–Kier alpha value is -0.940. The third-order valence-corrected chi connectivity index (χ3v) is 3.72. The molecule has 0 radical (unpaired) electrons. The van der Waals surface area contributed by atoms with Crippen molar-refractivity contribution in [3.05, 3.63) is 0 Å². The molecule has 0 aromatic carbocycles. The Morgan fingerprint density at radius 1 is 1.19 bits per heavy atom. The fourth-order valence-electron chi connectivity index (χ4n) is 2.62. The number of imide groups is 1. The van der Waals surface area contributed by atoms with Gasteiger partial charge >= 0.3 is 0 Å². The first kappa shape index (κ1) is 11.5. The highest BCUT2D eigenvalue weighted by Gasteiger charge is 2.53. The second kappa shape index (κ2) is 3.82. The smallest absolute Gasteiger partial charge is 0.250 e. The quantitative estimate of drug-likeness (QED) is 0.586. The van der Waals surface area contributed by atoms with E-state index in [0.29, 0.717) is 6.42 Å². The van der Waals surface area contributed by atoms with Gasteiger partial charge in [0.05, 0.1) is 5.41 Å². The lowest BCUT2D eigenvalue weighted by Gasteiger charge is -2.35. The van der Waals surface area contributed by atoms with E-state index in [-0.39, 0.29) is 11.8 Å². The zero-order valence-electron chi connectivity index (χ0n) is 10.2. The Labute approximate surface area is 95.9 Å². The van der Waals surface area contributed by atoms with Crippen molar-refractivity contribution >= 4 is 11.8 Å². The molecule has 0 N–H and O–H groups in total. The summed E-state index contributed by atoms with van der Waals surface area (Å²) in [6, 6.07) is 0. The topological polar surface area (TPSA) is 43.9 Å². The molecule has 0 saturated carbocycles. The van der Waals surface area contributed by atoms with Gasteiger partial charge in [-0.05, 0) is 33.0 Å². The third-order valence-electron chi connectivity index (χ3n) is 3.72. The van der Waals surface area contributed by atoms with Gasteiger partial charge in [0, 0.05) is 20.5 Å². The predicted octanol–water partition coefficient (Wildman–Crippen LogP) is -0.0661. The molecule has 0 aromatic heterocycles. The van der Waals surface area contributed by atoms with Crippen LogP contribution < -0.4 is 0 Å². The Kier molecular flexibility index (Phi) is 2.75. The van der Waals surface area contributed by atoms with Crippen molar-refractivity contribution in [1.82, 2.24) is 14.9 Å². The molecular weight excluding hydrogens is 206 g/mol. The van der Waals surface area contributed by atoms with Crippen LogP contribution in [0.25, 0.3) is 0 Å². The molecule has 0 aromatic rings. The van der Waals surface area contributed by atoms with Crippen LogP contribution in [0, 0.1) is 5.41 Å². The van der Waals surface area contributed by atoms with Gasteiger partial charge in [0.25, 0.3) is 5.91 Å². The summed E-state index contributed by atoms with van der Waals surface area (Å²) in [6.45, 7) is 1.81. The third kappa shape index (κ3) is 1.64. The number of rotatable bonds is 1. The molecule has 2 aliphatic heterocycles. The van der Waals surface area contributed by atoms with Crippen LogP contribution in [-0.4, -0.2) is 61.0 Å². The summed E-state index contributed by atoms with van der Waals surface area (Å²) in [5.41, 5.74) is -0.409. The summed E-state index contributed by atoms with van der Waals surface area (Å²) in [5.74, 6) is -0.0600. The van der Waals surface area contributed by atoms with Crippen molar-refractivity contribution in [2.24, 2.45) is 5.41 Å². The average molecular weight is 225 g/mol. The van der Waals surface area contributed by atoms with Crippen LogP contribution in [0.5, 0.6) is 0 Å². The highest BCUT2D eigenvalue weighted by molar-refractivity contribution is 6.05. The van der Waals surface area contributed by atoms with Crippen molar-refractivity contribution in [2.45, 2.75) is 19.3 Å². The molecule has 0 atom stereocenters. The van der Waals surface area contributed by atoms with E-state index in [1.807, 2.05) is 0 Å². The van der Waals surface area contributed by atoms with E-state index in [9.17, 15) is 9.59 Å². The fourth-order valence-corrected chi connectivity index (χ4v) is 2.62. The molecule has 0 unspecified atom stereocenters. The van der Waals surface area contributed by atoms with E-state index in [0.717, 1.165) is 25.9 Å². The van der Waals surface area contributed by atoms with Crippen molar-refractivity contribution in [1.29, 1.82) is 0 Å². The summed E-state index contributed by atoms with van der Waals surface area (Å²) in [7, 11) is 5.53. The minimum Gasteiger partial charge on any atom is -0.306 e. The molecule has 2 amide bonds. The maximum atomic E-state index is 12.3. The Morgan fingerprint density at radius 2 is 1.75 bits per heavy atom. The number of hydrazine groups is 1. The summed E-state index contributed by atoms with van der Waals surface area (Å²) in [6.07, 6.45) is 1.99. The van der Waals surface area contributed by atoms with Crippen LogP contribution in [0.4, 0.5) is 0 Å². The number of piperidine rings is 1. The molecule has 90 valence electrons. The SMILES string of the molecule is CN1CCC2(CC1)CC(=O)N(N(C)C)C2=O. The highest BCUT2D eigenvalue weighted by Crippen LogP contribution is 2.41. The van der Waals surface area contributed by atoms with Gasteiger partial charge < -0.3 is 4.90 Å². The van der Waals surface area contributed by atoms with E-state index in [1.165, 1.54) is 5.01 Å². The highest BCUT2D eigenvalue weighted by atomic mass is 16.2. The van der Waals surface area contributed by atoms with Gasteiger partial charge in [0.15, 0.2) is 0 Å². The second-order valence-electron chi connectivity index (χ2n) is 5.12. The van der Waals surface area contributed by atoms with Gasteiger partial charge in [-0.3, -0.25) is 9.59 Å². The Bertz CT molecular complexity index is 319. The molecule has 1 spiro atoms. The number of carbonyl (C=O) groups excluding carboxylic acids is 2. The largest absolute Gasteiger partial charge is 0.306 e. The lowest BCUT2D eigenvalue weighted by Crippen LogP contribution is -2.47. The van der Waals surface area contributed by atoms with Crippen molar-refractivity contribution in [3.63, 3.8) is 0 Å². The molecule has 2 fully saturated rings. The number of likely N-dealkylation sites (tertiary alicyclic amines) is 1. The predicted molar refractivity (Wildman–Crippen MR) is 59.3 cm³/mol. The Morgan fingerprint density at radius 3 is 2.19 bits per heavy atom. The van der Waals surface area contributed by atoms with Gasteiger partial charge in [0.1, 0.15) is 0 Å². The standard InChI is InChI=1S/C11H19N3O2/c1-12(2)14-9(15)8-11(10(14)16)4-6-13(3)7-5-11/h4-8H2,1-3H3. The van der Waals surface area contributed by atoms with E-state index in [4.69, 9.17) is 0 Å². The van der Waals surface area contributed by atoms with E-state index in [2.05, 4.69) is 11.9 Å². The van der Waals surface area contributed by atoms with Gasteiger partial charge in [-0.25, -0.2) is 10.0 Å². The van der Waals surface area contributed by atoms with Crippen molar-refractivity contribution in [3.8, 4) is 0 Å². The summed E-state index contributed by atoms with van der Waals surface area (Å²) < 4.78 is 0. The molecule has 0 aliphatic carbocycles. The zero-order valence-corrected chi connectivity index (χ0v) is 10.2. The maximum absolute atomic E-state index is 12.3. The molecule has 16 heavy (non-hydrogen) atoms. The molecule has 0 bridgehead atoms. The first-order valence-corrected chi connectivity index (χ1v) is 5.69. The summed E-state index contributed by atoms with van der Waals surface area (Å²) in [4.78, 5) is 26.3.